The number of hydrogen-bond donors (Lipinski definition) is 0. The molecule has 0 fully saturated rings. The minimum absolute atomic E-state index is 0.190. The summed E-state index contributed by atoms with van der Waals surface area (Å²) in [6, 6.07) is 7.64. The van der Waals surface area contributed by atoms with Gasteiger partial charge in [-0.1, -0.05) is 41.6 Å². The van der Waals surface area contributed by atoms with E-state index in [0.29, 0.717) is 34.7 Å². The predicted octanol–water partition coefficient (Wildman–Crippen LogP) is 2.71. The summed E-state index contributed by atoms with van der Waals surface area (Å²) in [5, 5.41) is 11.2. The van der Waals surface area contributed by atoms with E-state index in [1.165, 1.54) is 23.1 Å². The fourth-order valence-electron chi connectivity index (χ4n) is 2.28. The van der Waals surface area contributed by atoms with Crippen molar-refractivity contribution in [2.45, 2.75) is 18.2 Å². The van der Waals surface area contributed by atoms with E-state index in [4.69, 9.17) is 16.3 Å². The molecule has 0 unspecified atom stereocenters. The maximum atomic E-state index is 12.3. The van der Waals surface area contributed by atoms with Crippen molar-refractivity contribution in [1.82, 2.24) is 19.3 Å². The fourth-order valence-corrected chi connectivity index (χ4v) is 3.95. The van der Waals surface area contributed by atoms with Crippen LogP contribution in [0.4, 0.5) is 0 Å². The van der Waals surface area contributed by atoms with Gasteiger partial charge in [-0.25, -0.2) is 0 Å². The molecule has 0 spiro atoms. The van der Waals surface area contributed by atoms with Crippen molar-refractivity contribution in [1.29, 1.82) is 0 Å². The lowest BCUT2D eigenvalue weighted by Gasteiger charge is -2.05. The first-order valence-corrected chi connectivity index (χ1v) is 10.4. The van der Waals surface area contributed by atoms with Gasteiger partial charge in [0.2, 0.25) is 0 Å². The monoisotopic (exact) mass is 423 g/mol. The minimum Gasteiger partial charge on any atom is -0.383 e. The fraction of sp³-hybridized carbons (Fsp3) is 0.294. The van der Waals surface area contributed by atoms with Crippen LogP contribution in [-0.2, 0) is 22.6 Å². The van der Waals surface area contributed by atoms with Gasteiger partial charge in [0.05, 0.1) is 18.9 Å². The van der Waals surface area contributed by atoms with E-state index in [1.54, 1.807) is 13.4 Å². The highest BCUT2D eigenvalue weighted by Gasteiger charge is 2.09. The molecule has 0 atom stereocenters. The van der Waals surface area contributed by atoms with Gasteiger partial charge in [0.1, 0.15) is 6.33 Å². The highest BCUT2D eigenvalue weighted by molar-refractivity contribution is 7.99. The Hall–Kier alpha value is -1.94. The molecule has 0 aliphatic heterocycles. The van der Waals surface area contributed by atoms with Crippen LogP contribution in [0, 0.1) is 0 Å². The minimum atomic E-state index is -0.225. The van der Waals surface area contributed by atoms with Crippen LogP contribution in [0.1, 0.15) is 5.56 Å². The first-order valence-electron chi connectivity index (χ1n) is 8.12. The molecular weight excluding hydrogens is 406 g/mol. The molecule has 2 heterocycles. The van der Waals surface area contributed by atoms with Gasteiger partial charge < -0.3 is 13.9 Å². The van der Waals surface area contributed by atoms with Crippen LogP contribution in [0.3, 0.4) is 0 Å². The van der Waals surface area contributed by atoms with Crippen LogP contribution < -0.4 is 4.80 Å². The van der Waals surface area contributed by atoms with Gasteiger partial charge in [-0.15, -0.1) is 21.5 Å². The number of aromatic nitrogens is 4. The van der Waals surface area contributed by atoms with E-state index >= 15 is 0 Å². The Morgan fingerprint density at radius 1 is 1.37 bits per heavy atom. The Morgan fingerprint density at radius 3 is 3.04 bits per heavy atom. The average Bonchev–Trinajstić information content (AvgIpc) is 3.29. The lowest BCUT2D eigenvalue weighted by atomic mass is 10.2. The predicted molar refractivity (Wildman–Crippen MR) is 106 cm³/mol. The number of thiazole rings is 1. The number of carbonyl (C=O) groups excluding carboxylic acids is 1. The zero-order valence-electron chi connectivity index (χ0n) is 14.6. The third kappa shape index (κ3) is 5.52. The number of ether oxygens (including phenoxy) is 1. The van der Waals surface area contributed by atoms with Crippen molar-refractivity contribution in [2.24, 2.45) is 4.99 Å². The van der Waals surface area contributed by atoms with Gasteiger partial charge in [-0.05, 0) is 11.6 Å². The van der Waals surface area contributed by atoms with Crippen molar-refractivity contribution in [3.05, 3.63) is 57.6 Å². The molecule has 142 valence electrons. The van der Waals surface area contributed by atoms with Crippen LogP contribution in [0.15, 0.2) is 52.3 Å². The molecule has 7 nitrogen and oxygen atoms in total. The molecule has 2 aromatic heterocycles. The summed E-state index contributed by atoms with van der Waals surface area (Å²) in [7, 11) is 1.64. The molecule has 10 heteroatoms. The average molecular weight is 424 g/mol. The van der Waals surface area contributed by atoms with E-state index < -0.39 is 0 Å². The smallest absolute Gasteiger partial charge is 0.258 e. The number of amides is 1. The highest BCUT2D eigenvalue weighted by atomic mass is 35.5. The number of rotatable bonds is 8. The lowest BCUT2D eigenvalue weighted by Crippen LogP contribution is -2.18. The lowest BCUT2D eigenvalue weighted by molar-refractivity contribution is -0.115. The maximum Gasteiger partial charge on any atom is 0.258 e. The largest absolute Gasteiger partial charge is 0.383 e. The van der Waals surface area contributed by atoms with Crippen LogP contribution in [-0.4, -0.2) is 44.7 Å². The second-order valence-electron chi connectivity index (χ2n) is 5.50. The van der Waals surface area contributed by atoms with Gasteiger partial charge in [0.15, 0.2) is 9.96 Å². The molecule has 0 N–H and O–H groups in total. The van der Waals surface area contributed by atoms with E-state index in [-0.39, 0.29) is 11.7 Å². The van der Waals surface area contributed by atoms with Gasteiger partial charge in [-0.2, -0.15) is 4.99 Å². The summed E-state index contributed by atoms with van der Waals surface area (Å²) in [6.45, 7) is 1.76. The highest BCUT2D eigenvalue weighted by Crippen LogP contribution is 2.16. The second-order valence-corrected chi connectivity index (χ2v) is 7.72. The number of thioether (sulfide) groups is 1. The van der Waals surface area contributed by atoms with Crippen molar-refractivity contribution in [2.75, 3.05) is 19.5 Å². The van der Waals surface area contributed by atoms with Gasteiger partial charge in [0.25, 0.3) is 5.91 Å². The molecule has 0 radical (unpaired) electrons. The number of carbonyl (C=O) groups is 1. The zero-order valence-corrected chi connectivity index (χ0v) is 17.0. The Kier molecular flexibility index (Phi) is 7.22. The van der Waals surface area contributed by atoms with E-state index in [2.05, 4.69) is 15.2 Å². The van der Waals surface area contributed by atoms with Crippen molar-refractivity contribution in [3.63, 3.8) is 0 Å². The molecule has 0 aliphatic rings. The molecular formula is C17H18ClN5O2S2. The third-order valence-electron chi connectivity index (χ3n) is 3.62. The Bertz CT molecular complexity index is 966. The molecule has 0 aliphatic carbocycles. The van der Waals surface area contributed by atoms with E-state index in [0.717, 1.165) is 5.56 Å². The molecule has 0 saturated heterocycles. The van der Waals surface area contributed by atoms with Crippen molar-refractivity contribution >= 4 is 40.6 Å². The van der Waals surface area contributed by atoms with Crippen LogP contribution >= 0.6 is 34.7 Å². The summed E-state index contributed by atoms with van der Waals surface area (Å²) in [6.07, 6.45) is 3.52. The topological polar surface area (TPSA) is 74.3 Å². The SMILES string of the molecule is COCCn1cnnc1SCC(=O)N=c1sccn1Cc1ccccc1Cl. The first-order chi connectivity index (χ1) is 13.2. The van der Waals surface area contributed by atoms with Crippen molar-refractivity contribution in [3.8, 4) is 0 Å². The van der Waals surface area contributed by atoms with E-state index in [1.807, 2.05) is 45.0 Å². The quantitative estimate of drug-likeness (QED) is 0.521. The van der Waals surface area contributed by atoms with Gasteiger partial charge in [-0.3, -0.25) is 4.79 Å². The van der Waals surface area contributed by atoms with E-state index in [9.17, 15) is 4.79 Å². The first kappa shape index (κ1) is 19.8. The van der Waals surface area contributed by atoms with Crippen LogP contribution in [0.25, 0.3) is 0 Å². The molecule has 3 aromatic rings. The summed E-state index contributed by atoms with van der Waals surface area (Å²) in [5.74, 6) is -0.0352. The molecule has 0 saturated carbocycles. The molecule has 1 amide bonds. The number of methoxy groups -OCH3 is 1. The normalized spacial score (nSPS) is 11.9. The van der Waals surface area contributed by atoms with Crippen LogP contribution in [0.2, 0.25) is 5.02 Å². The summed E-state index contributed by atoms with van der Waals surface area (Å²) < 4.78 is 8.82. The molecule has 0 bridgehead atoms. The van der Waals surface area contributed by atoms with Crippen LogP contribution in [0.5, 0.6) is 0 Å². The number of benzene rings is 1. The second kappa shape index (κ2) is 9.84. The maximum absolute atomic E-state index is 12.3. The number of halogens is 1. The Balaban J connectivity index is 1.66. The van der Waals surface area contributed by atoms with Gasteiger partial charge in [0, 0.05) is 30.3 Å². The molecule has 3 rings (SSSR count). The Labute approximate surface area is 169 Å². The Morgan fingerprint density at radius 2 is 2.22 bits per heavy atom. The number of hydrogen-bond acceptors (Lipinski definition) is 6. The molecule has 1 aromatic carbocycles. The standard InChI is InChI=1S/C17H18ClN5O2S2/c1-25-8-6-23-12-19-21-17(23)27-11-15(24)20-16-22(7-9-26-16)10-13-4-2-3-5-14(13)18/h2-5,7,9,12H,6,8,10-11H2,1H3. The zero-order chi connectivity index (χ0) is 19.1. The third-order valence-corrected chi connectivity index (χ3v) is 5.75. The summed E-state index contributed by atoms with van der Waals surface area (Å²) in [5.41, 5.74) is 0.979. The molecule has 27 heavy (non-hydrogen) atoms. The van der Waals surface area contributed by atoms with Crippen molar-refractivity contribution < 1.29 is 9.53 Å². The summed E-state index contributed by atoms with van der Waals surface area (Å²) in [4.78, 5) is 17.2. The number of nitrogens with zero attached hydrogens (tertiary/aromatic N) is 5. The summed E-state index contributed by atoms with van der Waals surface area (Å²) >= 11 is 8.95. The van der Waals surface area contributed by atoms with Gasteiger partial charge >= 0.3 is 0 Å².